The molecule has 0 fully saturated rings. The summed E-state index contributed by atoms with van der Waals surface area (Å²) in [4.78, 5) is 3.92. The lowest BCUT2D eigenvalue weighted by Crippen LogP contribution is -2.16. The molecule has 2 nitrogen and oxygen atoms in total. The predicted molar refractivity (Wildman–Crippen MR) is 53.1 cm³/mol. The first-order chi connectivity index (χ1) is 7.54. The zero-order valence-electron chi connectivity index (χ0n) is 7.78. The van der Waals surface area contributed by atoms with E-state index in [1.165, 1.54) is 35.6 Å². The average Bonchev–Trinajstić information content (AvgIpc) is 2.69. The van der Waals surface area contributed by atoms with Crippen molar-refractivity contribution in [1.29, 1.82) is 0 Å². The van der Waals surface area contributed by atoms with Gasteiger partial charge in [-0.05, 0) is 24.3 Å². The highest BCUT2D eigenvalue weighted by atomic mass is 32.1. The highest BCUT2D eigenvalue weighted by Crippen LogP contribution is 2.27. The van der Waals surface area contributed by atoms with Crippen molar-refractivity contribution in [1.82, 2.24) is 4.98 Å². The van der Waals surface area contributed by atoms with Crippen LogP contribution < -0.4 is 4.74 Å². The number of halogens is 3. The van der Waals surface area contributed by atoms with Crippen LogP contribution in [0, 0.1) is 6.20 Å². The molecular weight excluding hydrogens is 239 g/mol. The lowest BCUT2D eigenvalue weighted by atomic mass is 10.2. The Morgan fingerprint density at radius 3 is 2.38 bits per heavy atom. The molecule has 0 N–H and O–H groups in total. The number of hydrogen-bond donors (Lipinski definition) is 0. The Bertz CT molecular complexity index is 450. The van der Waals surface area contributed by atoms with Gasteiger partial charge < -0.3 is 4.74 Å². The quantitative estimate of drug-likeness (QED) is 0.806. The lowest BCUT2D eigenvalue weighted by molar-refractivity contribution is -0.274. The smallest absolute Gasteiger partial charge is 0.406 e. The number of benzene rings is 1. The molecule has 0 unspecified atom stereocenters. The van der Waals surface area contributed by atoms with Crippen LogP contribution in [0.15, 0.2) is 29.6 Å². The van der Waals surface area contributed by atoms with Gasteiger partial charge in [0.2, 0.25) is 0 Å². The second-order valence-corrected chi connectivity index (χ2v) is 3.71. The molecule has 6 heteroatoms. The van der Waals surface area contributed by atoms with E-state index < -0.39 is 6.36 Å². The van der Waals surface area contributed by atoms with E-state index in [-0.39, 0.29) is 5.75 Å². The summed E-state index contributed by atoms with van der Waals surface area (Å²) in [5.74, 6) is -0.239. The number of rotatable bonds is 2. The Hall–Kier alpha value is -1.56. The van der Waals surface area contributed by atoms with Gasteiger partial charge in [0.15, 0.2) is 0 Å². The minimum absolute atomic E-state index is 0.239. The summed E-state index contributed by atoms with van der Waals surface area (Å²) in [6, 6.07) is 5.55. The van der Waals surface area contributed by atoms with Gasteiger partial charge in [0.05, 0.1) is 0 Å². The minimum atomic E-state index is -4.66. The molecule has 2 rings (SSSR count). The molecule has 1 aromatic heterocycles. The standard InChI is InChI=1S/C10H5F3NOS/c11-10(12,13)15-8-3-1-7(2-4-8)9-14-5-6-16-9/h1-4,6H. The summed E-state index contributed by atoms with van der Waals surface area (Å²) < 4.78 is 39.4. The first-order valence-electron chi connectivity index (χ1n) is 4.22. The molecule has 1 radical (unpaired) electrons. The van der Waals surface area contributed by atoms with Crippen LogP contribution in [-0.4, -0.2) is 11.3 Å². The Balaban J connectivity index is 2.17. The fraction of sp³-hybridized carbons (Fsp3) is 0.100. The van der Waals surface area contributed by atoms with E-state index in [9.17, 15) is 13.2 Å². The average molecular weight is 244 g/mol. The summed E-state index contributed by atoms with van der Waals surface area (Å²) in [6.07, 6.45) is -2.02. The van der Waals surface area contributed by atoms with Crippen molar-refractivity contribution >= 4 is 11.3 Å². The van der Waals surface area contributed by atoms with E-state index in [1.54, 1.807) is 5.38 Å². The zero-order chi connectivity index (χ0) is 11.6. The molecule has 1 heterocycles. The van der Waals surface area contributed by atoms with Gasteiger partial charge in [0.1, 0.15) is 17.0 Å². The van der Waals surface area contributed by atoms with Gasteiger partial charge in [-0.3, -0.25) is 0 Å². The number of aromatic nitrogens is 1. The maximum absolute atomic E-state index is 11.9. The summed E-state index contributed by atoms with van der Waals surface area (Å²) >= 11 is 1.37. The van der Waals surface area contributed by atoms with E-state index in [2.05, 4.69) is 15.9 Å². The molecular formula is C10H5F3NOS. The monoisotopic (exact) mass is 244 g/mol. The fourth-order valence-corrected chi connectivity index (χ4v) is 1.72. The van der Waals surface area contributed by atoms with Crippen LogP contribution >= 0.6 is 11.3 Å². The van der Waals surface area contributed by atoms with Crippen molar-refractivity contribution < 1.29 is 17.9 Å². The first-order valence-corrected chi connectivity index (χ1v) is 5.10. The van der Waals surface area contributed by atoms with Crippen molar-refractivity contribution in [3.63, 3.8) is 0 Å². The molecule has 83 valence electrons. The fourth-order valence-electron chi connectivity index (χ4n) is 1.13. The van der Waals surface area contributed by atoms with Crippen molar-refractivity contribution in [2.24, 2.45) is 0 Å². The van der Waals surface area contributed by atoms with Crippen LogP contribution in [0.2, 0.25) is 0 Å². The molecule has 0 aliphatic rings. The molecule has 0 atom stereocenters. The van der Waals surface area contributed by atoms with Gasteiger partial charge in [-0.15, -0.1) is 24.5 Å². The minimum Gasteiger partial charge on any atom is -0.406 e. The second-order valence-electron chi connectivity index (χ2n) is 2.85. The van der Waals surface area contributed by atoms with Gasteiger partial charge >= 0.3 is 6.36 Å². The van der Waals surface area contributed by atoms with Crippen molar-refractivity contribution in [3.05, 3.63) is 35.8 Å². The van der Waals surface area contributed by atoms with Crippen LogP contribution in [0.5, 0.6) is 5.75 Å². The Morgan fingerprint density at radius 1 is 1.19 bits per heavy atom. The number of ether oxygens (including phenoxy) is 1. The first kappa shape index (κ1) is 10.9. The molecule has 0 saturated carbocycles. The van der Waals surface area contributed by atoms with E-state index in [4.69, 9.17) is 0 Å². The van der Waals surface area contributed by atoms with Gasteiger partial charge in [-0.1, -0.05) is 0 Å². The predicted octanol–water partition coefficient (Wildman–Crippen LogP) is 3.51. The summed E-state index contributed by atoms with van der Waals surface area (Å²) in [7, 11) is 0. The summed E-state index contributed by atoms with van der Waals surface area (Å²) in [5.41, 5.74) is 0.737. The van der Waals surface area contributed by atoms with E-state index in [1.807, 2.05) is 0 Å². The number of hydrogen-bond acceptors (Lipinski definition) is 3. The topological polar surface area (TPSA) is 22.1 Å². The van der Waals surface area contributed by atoms with Crippen LogP contribution in [0.4, 0.5) is 13.2 Å². The van der Waals surface area contributed by atoms with E-state index >= 15 is 0 Å². The SMILES string of the molecule is FC(F)(F)Oc1ccc(-c2n[c]cs2)cc1. The molecule has 16 heavy (non-hydrogen) atoms. The third kappa shape index (κ3) is 2.73. The number of thiazole rings is 1. The number of alkyl halides is 3. The van der Waals surface area contributed by atoms with Gasteiger partial charge in [0, 0.05) is 10.9 Å². The van der Waals surface area contributed by atoms with Crippen molar-refractivity contribution in [2.45, 2.75) is 6.36 Å². The maximum Gasteiger partial charge on any atom is 0.573 e. The van der Waals surface area contributed by atoms with Crippen LogP contribution in [-0.2, 0) is 0 Å². The van der Waals surface area contributed by atoms with Gasteiger partial charge in [-0.2, -0.15) is 0 Å². The van der Waals surface area contributed by atoms with Gasteiger partial charge in [-0.25, -0.2) is 4.98 Å². The molecule has 1 aromatic carbocycles. The second kappa shape index (κ2) is 4.13. The highest BCUT2D eigenvalue weighted by Gasteiger charge is 2.30. The molecule has 0 aliphatic carbocycles. The molecule has 0 aliphatic heterocycles. The third-order valence-electron chi connectivity index (χ3n) is 1.72. The zero-order valence-corrected chi connectivity index (χ0v) is 8.60. The van der Waals surface area contributed by atoms with Crippen LogP contribution in [0.1, 0.15) is 0 Å². The maximum atomic E-state index is 11.9. The highest BCUT2D eigenvalue weighted by molar-refractivity contribution is 7.13. The van der Waals surface area contributed by atoms with Crippen molar-refractivity contribution in [3.8, 4) is 16.3 Å². The normalized spacial score (nSPS) is 11.4. The molecule has 0 bridgehead atoms. The van der Waals surface area contributed by atoms with Crippen LogP contribution in [0.25, 0.3) is 10.6 Å². The lowest BCUT2D eigenvalue weighted by Gasteiger charge is -2.08. The largest absolute Gasteiger partial charge is 0.573 e. The molecule has 2 aromatic rings. The summed E-state index contributed by atoms with van der Waals surface area (Å²) in [6.45, 7) is 0. The Labute approximate surface area is 93.3 Å². The molecule has 0 saturated heterocycles. The van der Waals surface area contributed by atoms with Crippen LogP contribution in [0.3, 0.4) is 0 Å². The Kier molecular flexibility index (Phi) is 2.82. The van der Waals surface area contributed by atoms with Gasteiger partial charge in [0.25, 0.3) is 0 Å². The molecule has 0 spiro atoms. The van der Waals surface area contributed by atoms with Crippen molar-refractivity contribution in [2.75, 3.05) is 0 Å². The number of nitrogens with zero attached hydrogens (tertiary/aromatic N) is 1. The van der Waals surface area contributed by atoms with E-state index in [0.29, 0.717) is 5.01 Å². The third-order valence-corrected chi connectivity index (χ3v) is 2.50. The summed E-state index contributed by atoms with van der Waals surface area (Å²) in [5, 5.41) is 2.38. The van der Waals surface area contributed by atoms with E-state index in [0.717, 1.165) is 5.56 Å². The Morgan fingerprint density at radius 2 is 1.88 bits per heavy atom. The molecule has 0 amide bonds.